The van der Waals surface area contributed by atoms with E-state index in [1.54, 1.807) is 0 Å². The van der Waals surface area contributed by atoms with Crippen LogP contribution in [0, 0.1) is 23.7 Å². The van der Waals surface area contributed by atoms with Crippen LogP contribution in [0.2, 0.25) is 0 Å². The Kier molecular flexibility index (Phi) is 1.84. The van der Waals surface area contributed by atoms with Crippen molar-refractivity contribution in [2.24, 2.45) is 23.7 Å². The fourth-order valence-corrected chi connectivity index (χ4v) is 4.73. The van der Waals surface area contributed by atoms with Crippen LogP contribution in [-0.2, 0) is 19.1 Å². The molecule has 5 fully saturated rings. The van der Waals surface area contributed by atoms with Gasteiger partial charge in [0.25, 0.3) is 0 Å². The third kappa shape index (κ3) is 1.12. The molecule has 4 nitrogen and oxygen atoms in total. The number of hydrogen-bond acceptors (Lipinski definition) is 4. The standard InChI is InChI=1S/C13H16O4/c1-5(14)16-8-3-2-6-7-4-9-10(12(7)15)11(8)13(6)17-9/h6-11,13H,2-4H2,1H3. The molecule has 0 aromatic rings. The molecular weight excluding hydrogens is 220 g/mol. The van der Waals surface area contributed by atoms with Gasteiger partial charge in [0.1, 0.15) is 11.9 Å². The highest BCUT2D eigenvalue weighted by Crippen LogP contribution is 2.60. The molecule has 2 heterocycles. The summed E-state index contributed by atoms with van der Waals surface area (Å²) in [6.45, 7) is 1.44. The summed E-state index contributed by atoms with van der Waals surface area (Å²) >= 11 is 0. The van der Waals surface area contributed by atoms with Gasteiger partial charge in [0.2, 0.25) is 0 Å². The normalized spacial score (nSPS) is 54.2. The second kappa shape index (κ2) is 3.10. The summed E-state index contributed by atoms with van der Waals surface area (Å²) < 4.78 is 11.4. The average Bonchev–Trinajstić information content (AvgIpc) is 2.72. The van der Waals surface area contributed by atoms with Crippen molar-refractivity contribution in [1.82, 2.24) is 0 Å². The third-order valence-corrected chi connectivity index (χ3v) is 5.18. The SMILES string of the molecule is CC(=O)OC1CCC2C3CC4OC2C1C4C3=O. The van der Waals surface area contributed by atoms with Gasteiger partial charge in [-0.05, 0) is 25.2 Å². The van der Waals surface area contributed by atoms with Crippen LogP contribution in [0.25, 0.3) is 0 Å². The van der Waals surface area contributed by atoms with Crippen LogP contribution in [0.1, 0.15) is 26.2 Å². The van der Waals surface area contributed by atoms with Crippen molar-refractivity contribution in [3.8, 4) is 0 Å². The van der Waals surface area contributed by atoms with Crippen molar-refractivity contribution in [1.29, 1.82) is 0 Å². The molecule has 0 aromatic carbocycles. The van der Waals surface area contributed by atoms with E-state index in [1.165, 1.54) is 6.92 Å². The van der Waals surface area contributed by atoms with Crippen molar-refractivity contribution in [3.05, 3.63) is 0 Å². The van der Waals surface area contributed by atoms with E-state index >= 15 is 0 Å². The molecule has 2 saturated heterocycles. The van der Waals surface area contributed by atoms with Crippen LogP contribution in [0.4, 0.5) is 0 Å². The molecule has 7 unspecified atom stereocenters. The minimum atomic E-state index is -0.238. The van der Waals surface area contributed by atoms with E-state index in [4.69, 9.17) is 9.47 Å². The first-order valence-corrected chi connectivity index (χ1v) is 6.53. The quantitative estimate of drug-likeness (QED) is 0.635. The Morgan fingerprint density at radius 1 is 1.41 bits per heavy atom. The van der Waals surface area contributed by atoms with Crippen LogP contribution in [0.15, 0.2) is 0 Å². The Balaban J connectivity index is 1.70. The summed E-state index contributed by atoms with van der Waals surface area (Å²) in [5, 5.41) is 0. The Bertz CT molecular complexity index is 404. The van der Waals surface area contributed by atoms with Crippen molar-refractivity contribution in [2.75, 3.05) is 0 Å². The van der Waals surface area contributed by atoms with E-state index in [0.717, 1.165) is 19.3 Å². The number of ketones is 1. The number of hydrogen-bond donors (Lipinski definition) is 0. The maximum Gasteiger partial charge on any atom is 0.302 e. The molecule has 2 aliphatic heterocycles. The van der Waals surface area contributed by atoms with Crippen LogP contribution in [0.3, 0.4) is 0 Å². The van der Waals surface area contributed by atoms with E-state index in [0.29, 0.717) is 11.7 Å². The molecule has 3 aliphatic carbocycles. The van der Waals surface area contributed by atoms with Crippen molar-refractivity contribution >= 4 is 11.8 Å². The zero-order valence-electron chi connectivity index (χ0n) is 9.80. The van der Waals surface area contributed by atoms with Gasteiger partial charge >= 0.3 is 5.97 Å². The van der Waals surface area contributed by atoms with Gasteiger partial charge in [-0.2, -0.15) is 0 Å². The first kappa shape index (κ1) is 10.1. The lowest BCUT2D eigenvalue weighted by Crippen LogP contribution is -2.52. The minimum Gasteiger partial charge on any atom is -0.462 e. The number of carbonyl (C=O) groups is 2. The summed E-state index contributed by atoms with van der Waals surface area (Å²) in [4.78, 5) is 23.4. The van der Waals surface area contributed by atoms with Crippen LogP contribution in [0.5, 0.6) is 0 Å². The Morgan fingerprint density at radius 2 is 2.24 bits per heavy atom. The van der Waals surface area contributed by atoms with Crippen LogP contribution >= 0.6 is 0 Å². The van der Waals surface area contributed by atoms with Gasteiger partial charge in [-0.3, -0.25) is 9.59 Å². The van der Waals surface area contributed by atoms with E-state index in [9.17, 15) is 9.59 Å². The van der Waals surface area contributed by atoms with Crippen LogP contribution in [-0.4, -0.2) is 30.1 Å². The monoisotopic (exact) mass is 236 g/mol. The molecule has 3 saturated carbocycles. The summed E-state index contributed by atoms with van der Waals surface area (Å²) in [5.74, 6) is 0.959. The molecule has 92 valence electrons. The molecule has 0 aromatic heterocycles. The Morgan fingerprint density at radius 3 is 3.00 bits per heavy atom. The van der Waals surface area contributed by atoms with Crippen molar-refractivity contribution in [2.45, 2.75) is 44.5 Å². The first-order chi connectivity index (χ1) is 8.16. The topological polar surface area (TPSA) is 52.6 Å². The molecule has 0 radical (unpaired) electrons. The summed E-state index contributed by atoms with van der Waals surface area (Å²) in [7, 11) is 0. The van der Waals surface area contributed by atoms with Gasteiger partial charge in [0.15, 0.2) is 0 Å². The summed E-state index contributed by atoms with van der Waals surface area (Å²) in [5.41, 5.74) is 0. The predicted octanol–water partition coefficient (Wildman–Crippen LogP) is 0.930. The number of rotatable bonds is 1. The Labute approximate surface area is 99.6 Å². The minimum absolute atomic E-state index is 0.0194. The van der Waals surface area contributed by atoms with Gasteiger partial charge < -0.3 is 9.47 Å². The van der Waals surface area contributed by atoms with E-state index < -0.39 is 0 Å². The predicted molar refractivity (Wildman–Crippen MR) is 57.0 cm³/mol. The maximum atomic E-state index is 12.2. The Hall–Kier alpha value is -0.900. The number of Topliss-reactive ketones (excluding diaryl/α,β-unsaturated/α-hetero) is 1. The molecule has 17 heavy (non-hydrogen) atoms. The van der Waals surface area contributed by atoms with Gasteiger partial charge in [0, 0.05) is 18.8 Å². The molecule has 0 N–H and O–H groups in total. The molecule has 6 bridgehead atoms. The average molecular weight is 236 g/mol. The highest BCUT2D eigenvalue weighted by Gasteiger charge is 2.68. The molecule has 5 aliphatic rings. The van der Waals surface area contributed by atoms with E-state index in [1.807, 2.05) is 0 Å². The number of carbonyl (C=O) groups excluding carboxylic acids is 2. The lowest BCUT2D eigenvalue weighted by molar-refractivity contribution is -0.166. The fraction of sp³-hybridized carbons (Fsp3) is 0.846. The second-order valence-corrected chi connectivity index (χ2v) is 5.88. The van der Waals surface area contributed by atoms with Gasteiger partial charge in [-0.1, -0.05) is 0 Å². The van der Waals surface area contributed by atoms with E-state index in [2.05, 4.69) is 0 Å². The lowest BCUT2D eigenvalue weighted by atomic mass is 9.63. The first-order valence-electron chi connectivity index (χ1n) is 6.53. The zero-order chi connectivity index (χ0) is 11.7. The summed E-state index contributed by atoms with van der Waals surface area (Å²) in [6.07, 6.45) is 2.99. The van der Waals surface area contributed by atoms with Gasteiger partial charge in [-0.15, -0.1) is 0 Å². The molecule has 7 atom stereocenters. The molecule has 5 rings (SSSR count). The molecular formula is C13H16O4. The lowest BCUT2D eigenvalue weighted by Gasteiger charge is -2.45. The highest BCUT2D eigenvalue weighted by atomic mass is 16.6. The molecule has 4 heteroatoms. The smallest absolute Gasteiger partial charge is 0.302 e. The fourth-order valence-electron chi connectivity index (χ4n) is 4.73. The molecule has 0 spiro atoms. The maximum absolute atomic E-state index is 12.2. The molecule has 0 amide bonds. The highest BCUT2D eigenvalue weighted by molar-refractivity contribution is 5.89. The summed E-state index contributed by atoms with van der Waals surface area (Å²) in [6, 6.07) is 0. The second-order valence-electron chi connectivity index (χ2n) is 5.88. The van der Waals surface area contributed by atoms with E-state index in [-0.39, 0.29) is 42.0 Å². The number of esters is 1. The van der Waals surface area contributed by atoms with Gasteiger partial charge in [-0.25, -0.2) is 0 Å². The zero-order valence-corrected chi connectivity index (χ0v) is 9.80. The van der Waals surface area contributed by atoms with Crippen LogP contribution < -0.4 is 0 Å². The third-order valence-electron chi connectivity index (χ3n) is 5.18. The largest absolute Gasteiger partial charge is 0.462 e. The van der Waals surface area contributed by atoms with Crippen molar-refractivity contribution < 1.29 is 19.1 Å². The van der Waals surface area contributed by atoms with Gasteiger partial charge in [0.05, 0.1) is 18.1 Å². The van der Waals surface area contributed by atoms with Crippen molar-refractivity contribution in [3.63, 3.8) is 0 Å². The number of ether oxygens (including phenoxy) is 2.